The number of piperidine rings is 1. The number of carboxylic acids is 1. The van der Waals surface area contributed by atoms with Gasteiger partial charge in [-0.05, 0) is 38.3 Å². The first-order chi connectivity index (χ1) is 7.58. The van der Waals surface area contributed by atoms with Crippen LogP contribution in [-0.2, 0) is 14.3 Å². The molecule has 1 heterocycles. The molecule has 5 heteroatoms. The van der Waals surface area contributed by atoms with Crippen LogP contribution >= 0.6 is 0 Å². The van der Waals surface area contributed by atoms with Crippen molar-refractivity contribution in [2.24, 2.45) is 5.41 Å². The minimum absolute atomic E-state index is 0.0491. The van der Waals surface area contributed by atoms with Crippen LogP contribution in [0.15, 0.2) is 0 Å². The number of esters is 1. The molecule has 0 amide bonds. The number of hydrogen-bond donors (Lipinski definition) is 2. The van der Waals surface area contributed by atoms with Gasteiger partial charge in [-0.1, -0.05) is 0 Å². The van der Waals surface area contributed by atoms with Gasteiger partial charge in [0.15, 0.2) is 0 Å². The van der Waals surface area contributed by atoms with E-state index in [1.54, 1.807) is 6.92 Å². The number of hydrogen-bond acceptors (Lipinski definition) is 4. The molecule has 0 saturated carbocycles. The molecule has 5 nitrogen and oxygen atoms in total. The summed E-state index contributed by atoms with van der Waals surface area (Å²) in [6.45, 7) is 3.64. The van der Waals surface area contributed by atoms with E-state index in [0.29, 0.717) is 6.61 Å². The molecule has 1 aliphatic heterocycles. The van der Waals surface area contributed by atoms with Crippen LogP contribution in [0.4, 0.5) is 0 Å². The molecule has 1 saturated heterocycles. The molecule has 0 bridgehead atoms. The van der Waals surface area contributed by atoms with Crippen LogP contribution in [0.5, 0.6) is 0 Å². The largest absolute Gasteiger partial charge is 0.481 e. The Morgan fingerprint density at radius 1 is 1.31 bits per heavy atom. The predicted octanol–water partition coefficient (Wildman–Crippen LogP) is 0.784. The second-order valence-electron chi connectivity index (χ2n) is 4.30. The highest BCUT2D eigenvalue weighted by Crippen LogP contribution is 2.36. The molecule has 0 radical (unpaired) electrons. The first kappa shape index (κ1) is 13.0. The summed E-state index contributed by atoms with van der Waals surface area (Å²) < 4.78 is 4.90. The molecule has 2 N–H and O–H groups in total. The fraction of sp³-hybridized carbons (Fsp3) is 0.818. The lowest BCUT2D eigenvalue weighted by Crippen LogP contribution is -2.39. The molecule has 0 spiro atoms. The quantitative estimate of drug-likeness (QED) is 0.681. The lowest BCUT2D eigenvalue weighted by molar-refractivity contribution is -0.148. The molecular weight excluding hydrogens is 210 g/mol. The minimum Gasteiger partial charge on any atom is -0.481 e. The molecule has 16 heavy (non-hydrogen) atoms. The van der Waals surface area contributed by atoms with Gasteiger partial charge < -0.3 is 15.2 Å². The Balaban J connectivity index is 2.62. The third-order valence-corrected chi connectivity index (χ3v) is 3.02. The van der Waals surface area contributed by atoms with E-state index in [-0.39, 0.29) is 18.8 Å². The Morgan fingerprint density at radius 3 is 2.44 bits per heavy atom. The molecule has 1 fully saturated rings. The maximum atomic E-state index is 11.5. The average molecular weight is 229 g/mol. The first-order valence-corrected chi connectivity index (χ1v) is 5.66. The highest BCUT2D eigenvalue weighted by Gasteiger charge is 2.36. The maximum Gasteiger partial charge on any atom is 0.306 e. The summed E-state index contributed by atoms with van der Waals surface area (Å²) in [6.07, 6.45) is 1.71. The SMILES string of the molecule is CCOC(=O)CC1(CC(=O)O)CCNCC1. The van der Waals surface area contributed by atoms with E-state index in [2.05, 4.69) is 5.32 Å². The second kappa shape index (κ2) is 5.84. The average Bonchev–Trinajstić information content (AvgIpc) is 2.17. The molecule has 0 atom stereocenters. The van der Waals surface area contributed by atoms with E-state index in [1.165, 1.54) is 0 Å². The fourth-order valence-electron chi connectivity index (χ4n) is 2.21. The summed E-state index contributed by atoms with van der Waals surface area (Å²) in [7, 11) is 0. The molecule has 0 aliphatic carbocycles. The van der Waals surface area contributed by atoms with Crippen molar-refractivity contribution < 1.29 is 19.4 Å². The van der Waals surface area contributed by atoms with E-state index < -0.39 is 11.4 Å². The Kier molecular flexibility index (Phi) is 4.73. The highest BCUT2D eigenvalue weighted by molar-refractivity contribution is 5.73. The van der Waals surface area contributed by atoms with Gasteiger partial charge in [-0.15, -0.1) is 0 Å². The lowest BCUT2D eigenvalue weighted by Gasteiger charge is -2.35. The number of ether oxygens (including phenoxy) is 1. The molecular formula is C11H19NO4. The zero-order valence-electron chi connectivity index (χ0n) is 9.62. The molecule has 0 aromatic heterocycles. The number of carboxylic acid groups (broad SMARTS) is 1. The molecule has 92 valence electrons. The van der Waals surface area contributed by atoms with Gasteiger partial charge in [-0.2, -0.15) is 0 Å². The molecule has 1 aliphatic rings. The second-order valence-corrected chi connectivity index (χ2v) is 4.30. The number of carbonyl (C=O) groups is 2. The Bertz CT molecular complexity index is 259. The standard InChI is InChI=1S/C11H19NO4/c1-2-16-10(15)8-11(7-9(13)14)3-5-12-6-4-11/h12H,2-8H2,1H3,(H,13,14). The summed E-state index contributed by atoms with van der Waals surface area (Å²) in [6, 6.07) is 0. The van der Waals surface area contributed by atoms with E-state index in [9.17, 15) is 9.59 Å². The summed E-state index contributed by atoms with van der Waals surface area (Å²) in [5.41, 5.74) is -0.413. The molecule has 0 aromatic carbocycles. The molecule has 0 aromatic rings. The van der Waals surface area contributed by atoms with Crippen LogP contribution in [0.1, 0.15) is 32.6 Å². The number of nitrogens with one attached hydrogen (secondary N) is 1. The Labute approximate surface area is 95.2 Å². The van der Waals surface area contributed by atoms with E-state index >= 15 is 0 Å². The van der Waals surface area contributed by atoms with Crippen molar-refractivity contribution in [1.82, 2.24) is 5.32 Å². The third-order valence-electron chi connectivity index (χ3n) is 3.02. The van der Waals surface area contributed by atoms with Crippen molar-refractivity contribution in [1.29, 1.82) is 0 Å². The molecule has 1 rings (SSSR count). The van der Waals surface area contributed by atoms with Gasteiger partial charge in [0.1, 0.15) is 0 Å². The maximum absolute atomic E-state index is 11.5. The number of rotatable bonds is 5. The predicted molar refractivity (Wildman–Crippen MR) is 58.0 cm³/mol. The minimum atomic E-state index is -0.841. The fourth-order valence-corrected chi connectivity index (χ4v) is 2.21. The van der Waals surface area contributed by atoms with E-state index in [0.717, 1.165) is 25.9 Å². The zero-order chi connectivity index (χ0) is 12.0. The van der Waals surface area contributed by atoms with Crippen molar-refractivity contribution >= 4 is 11.9 Å². The van der Waals surface area contributed by atoms with Gasteiger partial charge >= 0.3 is 11.9 Å². The third kappa shape index (κ3) is 3.81. The summed E-state index contributed by atoms with van der Waals surface area (Å²) in [4.78, 5) is 22.3. The Morgan fingerprint density at radius 2 is 1.94 bits per heavy atom. The van der Waals surface area contributed by atoms with Gasteiger partial charge in [0.25, 0.3) is 0 Å². The lowest BCUT2D eigenvalue weighted by atomic mass is 9.73. The van der Waals surface area contributed by atoms with Gasteiger partial charge in [0.2, 0.25) is 0 Å². The van der Waals surface area contributed by atoms with Crippen molar-refractivity contribution in [2.45, 2.75) is 32.6 Å². The van der Waals surface area contributed by atoms with E-state index in [1.807, 2.05) is 0 Å². The van der Waals surface area contributed by atoms with Gasteiger partial charge in [0.05, 0.1) is 19.4 Å². The number of carbonyl (C=O) groups excluding carboxylic acids is 1. The normalized spacial score (nSPS) is 19.1. The van der Waals surface area contributed by atoms with Crippen LogP contribution in [0, 0.1) is 5.41 Å². The van der Waals surface area contributed by atoms with Crippen molar-refractivity contribution in [3.05, 3.63) is 0 Å². The van der Waals surface area contributed by atoms with Gasteiger partial charge in [0, 0.05) is 0 Å². The first-order valence-electron chi connectivity index (χ1n) is 5.66. The topological polar surface area (TPSA) is 75.6 Å². The van der Waals surface area contributed by atoms with Crippen molar-refractivity contribution in [2.75, 3.05) is 19.7 Å². The van der Waals surface area contributed by atoms with Crippen molar-refractivity contribution in [3.63, 3.8) is 0 Å². The molecule has 0 unspecified atom stereocenters. The number of aliphatic carboxylic acids is 1. The Hall–Kier alpha value is -1.10. The smallest absolute Gasteiger partial charge is 0.306 e. The highest BCUT2D eigenvalue weighted by atomic mass is 16.5. The monoisotopic (exact) mass is 229 g/mol. The van der Waals surface area contributed by atoms with Crippen molar-refractivity contribution in [3.8, 4) is 0 Å². The van der Waals surface area contributed by atoms with Crippen LogP contribution in [0.25, 0.3) is 0 Å². The van der Waals surface area contributed by atoms with Gasteiger partial charge in [-0.25, -0.2) is 0 Å². The van der Waals surface area contributed by atoms with Crippen LogP contribution in [0.3, 0.4) is 0 Å². The zero-order valence-corrected chi connectivity index (χ0v) is 9.62. The van der Waals surface area contributed by atoms with Crippen LogP contribution in [0.2, 0.25) is 0 Å². The summed E-state index contributed by atoms with van der Waals surface area (Å²) in [5, 5.41) is 12.1. The van der Waals surface area contributed by atoms with Crippen LogP contribution < -0.4 is 5.32 Å². The van der Waals surface area contributed by atoms with Gasteiger partial charge in [-0.3, -0.25) is 9.59 Å². The summed E-state index contributed by atoms with van der Waals surface area (Å²) >= 11 is 0. The summed E-state index contributed by atoms with van der Waals surface area (Å²) in [5.74, 6) is -1.13. The van der Waals surface area contributed by atoms with Crippen LogP contribution in [-0.4, -0.2) is 36.7 Å². The van der Waals surface area contributed by atoms with E-state index in [4.69, 9.17) is 9.84 Å².